The third-order valence-electron chi connectivity index (χ3n) is 2.36. The van der Waals surface area contributed by atoms with Crippen LogP contribution in [-0.4, -0.2) is 41.8 Å². The summed E-state index contributed by atoms with van der Waals surface area (Å²) in [5.74, 6) is 0.834. The van der Waals surface area contributed by atoms with Gasteiger partial charge in [0.15, 0.2) is 0 Å². The van der Waals surface area contributed by atoms with Crippen LogP contribution in [-0.2, 0) is 0 Å². The van der Waals surface area contributed by atoms with E-state index in [0.29, 0.717) is 18.9 Å². The summed E-state index contributed by atoms with van der Waals surface area (Å²) in [6.07, 6.45) is 0. The zero-order chi connectivity index (χ0) is 12.8. The number of aromatic nitrogens is 1. The van der Waals surface area contributed by atoms with Crippen LogP contribution in [0.3, 0.4) is 0 Å². The molecule has 0 radical (unpaired) electrons. The van der Waals surface area contributed by atoms with Gasteiger partial charge in [-0.15, -0.1) is 0 Å². The van der Waals surface area contributed by atoms with Gasteiger partial charge in [0.2, 0.25) is 5.82 Å². The lowest BCUT2D eigenvalue weighted by molar-refractivity contribution is -0.384. The van der Waals surface area contributed by atoms with Gasteiger partial charge < -0.3 is 15.3 Å². The molecular formula is C10H16N4O3. The molecule has 7 nitrogen and oxygen atoms in total. The molecule has 94 valence electrons. The molecule has 1 aromatic heterocycles. The van der Waals surface area contributed by atoms with E-state index in [4.69, 9.17) is 5.11 Å². The molecule has 1 rings (SSSR count). The monoisotopic (exact) mass is 240 g/mol. The molecule has 1 aromatic rings. The van der Waals surface area contributed by atoms with E-state index in [9.17, 15) is 10.1 Å². The normalized spacial score (nSPS) is 10.1. The molecule has 0 spiro atoms. The molecule has 1 heterocycles. The number of aliphatic hydroxyl groups excluding tert-OH is 1. The molecule has 0 amide bonds. The first-order valence-electron chi connectivity index (χ1n) is 5.33. The van der Waals surface area contributed by atoms with E-state index >= 15 is 0 Å². The van der Waals surface area contributed by atoms with Crippen LogP contribution >= 0.6 is 0 Å². The smallest absolute Gasteiger partial charge is 0.311 e. The van der Waals surface area contributed by atoms with Crippen molar-refractivity contribution in [1.29, 1.82) is 0 Å². The third-order valence-corrected chi connectivity index (χ3v) is 2.36. The van der Waals surface area contributed by atoms with Crippen molar-refractivity contribution in [3.05, 3.63) is 22.2 Å². The van der Waals surface area contributed by atoms with Crippen molar-refractivity contribution in [2.75, 3.05) is 37.0 Å². The SMILES string of the molecule is CCN(CCO)c1nc(NC)ccc1[N+](=O)[O-]. The molecule has 0 bridgehead atoms. The fraction of sp³-hybridized carbons (Fsp3) is 0.500. The lowest BCUT2D eigenvalue weighted by Crippen LogP contribution is -2.28. The van der Waals surface area contributed by atoms with E-state index in [-0.39, 0.29) is 18.1 Å². The topological polar surface area (TPSA) is 91.5 Å². The third kappa shape index (κ3) is 3.04. The van der Waals surface area contributed by atoms with Crippen molar-refractivity contribution in [3.8, 4) is 0 Å². The standard InChI is InChI=1S/C10H16N4O3/c1-3-13(6-7-15)10-8(14(16)17)4-5-9(11-2)12-10/h4-5,15H,3,6-7H2,1-2H3,(H,11,12). The number of nitrogens with one attached hydrogen (secondary N) is 1. The van der Waals surface area contributed by atoms with Crippen LogP contribution in [0.1, 0.15) is 6.92 Å². The zero-order valence-corrected chi connectivity index (χ0v) is 9.88. The minimum absolute atomic E-state index is 0.0562. The number of likely N-dealkylation sites (N-methyl/N-ethyl adjacent to an activating group) is 1. The maximum Gasteiger partial charge on any atom is 0.311 e. The van der Waals surface area contributed by atoms with Gasteiger partial charge in [0.05, 0.1) is 11.5 Å². The lowest BCUT2D eigenvalue weighted by atomic mass is 10.3. The molecule has 0 aliphatic rings. The first kappa shape index (κ1) is 13.2. The average Bonchev–Trinajstić information content (AvgIpc) is 2.35. The van der Waals surface area contributed by atoms with Gasteiger partial charge >= 0.3 is 5.69 Å². The Bertz CT molecular complexity index is 397. The zero-order valence-electron chi connectivity index (χ0n) is 9.88. The summed E-state index contributed by atoms with van der Waals surface area (Å²) in [7, 11) is 1.69. The largest absolute Gasteiger partial charge is 0.395 e. The Balaban J connectivity index is 3.19. The molecule has 0 aliphatic carbocycles. The second kappa shape index (κ2) is 6.00. The summed E-state index contributed by atoms with van der Waals surface area (Å²) in [5.41, 5.74) is -0.0562. The van der Waals surface area contributed by atoms with Crippen LogP contribution in [0.5, 0.6) is 0 Å². The minimum Gasteiger partial charge on any atom is -0.395 e. The quantitative estimate of drug-likeness (QED) is 0.565. The fourth-order valence-corrected chi connectivity index (χ4v) is 1.49. The van der Waals surface area contributed by atoms with Crippen molar-refractivity contribution in [2.45, 2.75) is 6.92 Å². The van der Waals surface area contributed by atoms with Crippen LogP contribution in [0, 0.1) is 10.1 Å². The number of hydrogen-bond acceptors (Lipinski definition) is 6. The first-order chi connectivity index (χ1) is 8.13. The molecule has 0 aliphatic heterocycles. The predicted molar refractivity (Wildman–Crippen MR) is 65.4 cm³/mol. The second-order valence-electron chi connectivity index (χ2n) is 3.35. The van der Waals surface area contributed by atoms with Gasteiger partial charge in [-0.2, -0.15) is 0 Å². The Morgan fingerprint density at radius 3 is 2.76 bits per heavy atom. The summed E-state index contributed by atoms with van der Waals surface area (Å²) in [5, 5.41) is 22.7. The maximum atomic E-state index is 10.9. The summed E-state index contributed by atoms with van der Waals surface area (Å²) in [4.78, 5) is 16.3. The molecule has 0 unspecified atom stereocenters. The van der Waals surface area contributed by atoms with Crippen molar-refractivity contribution in [2.24, 2.45) is 0 Å². The first-order valence-corrected chi connectivity index (χ1v) is 5.33. The molecule has 0 atom stereocenters. The average molecular weight is 240 g/mol. The van der Waals surface area contributed by atoms with E-state index in [1.54, 1.807) is 18.0 Å². The van der Waals surface area contributed by atoms with Gasteiger partial charge in [-0.05, 0) is 13.0 Å². The highest BCUT2D eigenvalue weighted by Crippen LogP contribution is 2.27. The maximum absolute atomic E-state index is 10.9. The van der Waals surface area contributed by atoms with E-state index in [2.05, 4.69) is 10.3 Å². The Labute approximate surface area is 99.2 Å². The molecule has 2 N–H and O–H groups in total. The molecule has 0 aromatic carbocycles. The molecule has 7 heteroatoms. The Morgan fingerprint density at radius 1 is 1.59 bits per heavy atom. The number of rotatable bonds is 6. The number of aliphatic hydroxyl groups is 1. The Morgan fingerprint density at radius 2 is 2.29 bits per heavy atom. The summed E-state index contributed by atoms with van der Waals surface area (Å²) in [6, 6.07) is 2.96. The van der Waals surface area contributed by atoms with Gasteiger partial charge in [0, 0.05) is 26.2 Å². The van der Waals surface area contributed by atoms with Crippen LogP contribution in [0.2, 0.25) is 0 Å². The van der Waals surface area contributed by atoms with Gasteiger partial charge in [-0.25, -0.2) is 4.98 Å². The number of anilines is 2. The molecule has 0 saturated heterocycles. The van der Waals surface area contributed by atoms with Crippen molar-refractivity contribution < 1.29 is 10.0 Å². The van der Waals surface area contributed by atoms with Crippen LogP contribution < -0.4 is 10.2 Å². The van der Waals surface area contributed by atoms with Crippen LogP contribution in [0.15, 0.2) is 12.1 Å². The Kier molecular flexibility index (Phi) is 4.65. The summed E-state index contributed by atoms with van der Waals surface area (Å²) >= 11 is 0. The number of pyridine rings is 1. The van der Waals surface area contributed by atoms with Crippen molar-refractivity contribution >= 4 is 17.3 Å². The van der Waals surface area contributed by atoms with E-state index in [1.807, 2.05) is 6.92 Å². The van der Waals surface area contributed by atoms with Crippen molar-refractivity contribution in [3.63, 3.8) is 0 Å². The summed E-state index contributed by atoms with van der Waals surface area (Å²) in [6.45, 7) is 2.64. The van der Waals surface area contributed by atoms with Crippen LogP contribution in [0.25, 0.3) is 0 Å². The summed E-state index contributed by atoms with van der Waals surface area (Å²) < 4.78 is 0. The second-order valence-corrected chi connectivity index (χ2v) is 3.35. The molecule has 0 fully saturated rings. The van der Waals surface area contributed by atoms with Crippen molar-refractivity contribution in [1.82, 2.24) is 4.98 Å². The minimum atomic E-state index is -0.470. The van der Waals surface area contributed by atoms with E-state index in [1.165, 1.54) is 6.07 Å². The Hall–Kier alpha value is -1.89. The van der Waals surface area contributed by atoms with E-state index in [0.717, 1.165) is 0 Å². The predicted octanol–water partition coefficient (Wildman–Crippen LogP) is 0.850. The fourth-order valence-electron chi connectivity index (χ4n) is 1.49. The highest BCUT2D eigenvalue weighted by Gasteiger charge is 2.20. The van der Waals surface area contributed by atoms with Gasteiger partial charge in [0.25, 0.3) is 0 Å². The lowest BCUT2D eigenvalue weighted by Gasteiger charge is -2.20. The number of nitro groups is 1. The van der Waals surface area contributed by atoms with Crippen LogP contribution in [0.4, 0.5) is 17.3 Å². The van der Waals surface area contributed by atoms with Gasteiger partial charge in [0.1, 0.15) is 5.82 Å². The molecule has 17 heavy (non-hydrogen) atoms. The number of nitrogens with zero attached hydrogens (tertiary/aromatic N) is 3. The molecule has 0 saturated carbocycles. The van der Waals surface area contributed by atoms with Gasteiger partial charge in [-0.3, -0.25) is 10.1 Å². The number of hydrogen-bond donors (Lipinski definition) is 2. The highest BCUT2D eigenvalue weighted by molar-refractivity contribution is 5.61. The molecular weight excluding hydrogens is 224 g/mol. The van der Waals surface area contributed by atoms with Gasteiger partial charge in [-0.1, -0.05) is 0 Å². The highest BCUT2D eigenvalue weighted by atomic mass is 16.6. The van der Waals surface area contributed by atoms with E-state index < -0.39 is 4.92 Å².